The Morgan fingerprint density at radius 1 is 1.05 bits per heavy atom. The van der Waals surface area contributed by atoms with E-state index in [1.54, 1.807) is 0 Å². The van der Waals surface area contributed by atoms with Crippen molar-refractivity contribution in [2.24, 2.45) is 0 Å². The Kier molecular flexibility index (Phi) is 10.3. The summed E-state index contributed by atoms with van der Waals surface area (Å²) in [4.78, 5) is 0. The number of nitrogens with zero attached hydrogens (tertiary/aromatic N) is 3. The molecular weight excluding hydrogens is 351 g/mol. The first-order valence-corrected chi connectivity index (χ1v) is 8.99. The summed E-state index contributed by atoms with van der Waals surface area (Å²) < 4.78 is 2.93. The first-order chi connectivity index (χ1) is 9.36. The minimum absolute atomic E-state index is 0.950. The van der Waals surface area contributed by atoms with Crippen LogP contribution in [0.4, 0.5) is 0 Å². The smallest absolute Gasteiger partial charge is 0.0924 e. The number of nitrogens with one attached hydrogen (secondary N) is 1. The summed E-state index contributed by atoms with van der Waals surface area (Å²) in [5.74, 6) is 0. The van der Waals surface area contributed by atoms with E-state index in [1.807, 2.05) is 11.7 Å². The third-order valence-electron chi connectivity index (χ3n) is 3.29. The van der Waals surface area contributed by atoms with Crippen LogP contribution in [-0.2, 0) is 11.0 Å². The van der Waals surface area contributed by atoms with Crippen molar-refractivity contribution in [3.8, 4) is 0 Å². The molecule has 19 heavy (non-hydrogen) atoms. The van der Waals surface area contributed by atoms with Crippen molar-refractivity contribution in [1.29, 1.82) is 0 Å². The van der Waals surface area contributed by atoms with Crippen molar-refractivity contribution in [3.63, 3.8) is 0 Å². The molecule has 1 aromatic heterocycles. The van der Waals surface area contributed by atoms with Gasteiger partial charge < -0.3 is 5.32 Å². The van der Waals surface area contributed by atoms with Gasteiger partial charge in [-0.15, -0.1) is 5.10 Å². The normalized spacial score (nSPS) is 11.1. The molecule has 110 valence electrons. The molecule has 1 N–H and O–H groups in total. The second-order valence-corrected chi connectivity index (χ2v) is 5.80. The zero-order chi connectivity index (χ0) is 13.8. The summed E-state index contributed by atoms with van der Waals surface area (Å²) >= 11 is 2.32. The van der Waals surface area contributed by atoms with Gasteiger partial charge in [-0.25, -0.2) is 0 Å². The fourth-order valence-corrected chi connectivity index (χ4v) is 2.49. The summed E-state index contributed by atoms with van der Waals surface area (Å²) in [7, 11) is 2.03. The highest BCUT2D eigenvalue weighted by Gasteiger charge is 1.98. The van der Waals surface area contributed by atoms with Gasteiger partial charge in [-0.3, -0.25) is 4.68 Å². The second kappa shape index (κ2) is 11.6. The zero-order valence-corrected chi connectivity index (χ0v) is 14.2. The largest absolute Gasteiger partial charge is 0.320 e. The molecule has 1 rings (SSSR count). The monoisotopic (exact) mass is 378 g/mol. The van der Waals surface area contributed by atoms with Crippen molar-refractivity contribution in [2.75, 3.05) is 13.6 Å². The summed E-state index contributed by atoms with van der Waals surface area (Å²) in [6.45, 7) is 2.18. The topological polar surface area (TPSA) is 42.7 Å². The highest BCUT2D eigenvalue weighted by atomic mass is 127. The fourth-order valence-electron chi connectivity index (χ4n) is 2.15. The Morgan fingerprint density at radius 2 is 1.68 bits per heavy atom. The van der Waals surface area contributed by atoms with E-state index in [4.69, 9.17) is 0 Å². The maximum Gasteiger partial charge on any atom is 0.0924 e. The SMILES string of the molecule is CNCCCCCCCCCCn1cc(CI)nn1. The standard InChI is InChI=1S/C14H27IN4/c1-16-10-8-6-4-2-3-5-7-9-11-19-13-14(12-15)17-18-19/h13,16H,2-12H2,1H3. The van der Waals surface area contributed by atoms with Gasteiger partial charge in [-0.05, 0) is 26.4 Å². The number of aromatic nitrogens is 3. The van der Waals surface area contributed by atoms with E-state index < -0.39 is 0 Å². The lowest BCUT2D eigenvalue weighted by molar-refractivity contribution is 0.508. The van der Waals surface area contributed by atoms with E-state index in [0.717, 1.165) is 23.2 Å². The van der Waals surface area contributed by atoms with E-state index >= 15 is 0 Å². The molecule has 0 unspecified atom stereocenters. The molecule has 5 heteroatoms. The van der Waals surface area contributed by atoms with Crippen LogP contribution in [0.3, 0.4) is 0 Å². The van der Waals surface area contributed by atoms with E-state index in [0.29, 0.717) is 0 Å². The van der Waals surface area contributed by atoms with Gasteiger partial charge in [0.25, 0.3) is 0 Å². The van der Waals surface area contributed by atoms with Gasteiger partial charge in [0, 0.05) is 17.2 Å². The van der Waals surface area contributed by atoms with Crippen LogP contribution in [0.2, 0.25) is 0 Å². The third-order valence-corrected chi connectivity index (χ3v) is 4.07. The number of halogens is 1. The molecule has 0 aliphatic rings. The quantitative estimate of drug-likeness (QED) is 0.344. The summed E-state index contributed by atoms with van der Waals surface area (Å²) in [5, 5.41) is 11.4. The van der Waals surface area contributed by atoms with E-state index in [1.165, 1.54) is 51.4 Å². The molecule has 0 aliphatic heterocycles. The van der Waals surface area contributed by atoms with Crippen LogP contribution in [0, 0.1) is 0 Å². The van der Waals surface area contributed by atoms with Gasteiger partial charge in [0.2, 0.25) is 0 Å². The van der Waals surface area contributed by atoms with Crippen LogP contribution in [-0.4, -0.2) is 28.6 Å². The Bertz CT molecular complexity index is 314. The molecule has 4 nitrogen and oxygen atoms in total. The number of unbranched alkanes of at least 4 members (excludes halogenated alkanes) is 7. The lowest BCUT2D eigenvalue weighted by Crippen LogP contribution is -2.06. The molecular formula is C14H27IN4. The average molecular weight is 378 g/mol. The van der Waals surface area contributed by atoms with Crippen molar-refractivity contribution < 1.29 is 0 Å². The van der Waals surface area contributed by atoms with Crippen LogP contribution >= 0.6 is 22.6 Å². The predicted octanol–water partition coefficient (Wildman–Crippen LogP) is 3.55. The van der Waals surface area contributed by atoms with Gasteiger partial charge in [-0.2, -0.15) is 0 Å². The highest BCUT2D eigenvalue weighted by Crippen LogP contribution is 2.09. The van der Waals surface area contributed by atoms with Gasteiger partial charge in [-0.1, -0.05) is 66.3 Å². The first-order valence-electron chi connectivity index (χ1n) is 7.46. The molecule has 0 spiro atoms. The molecule has 1 heterocycles. The van der Waals surface area contributed by atoms with Crippen molar-refractivity contribution in [2.45, 2.75) is 62.3 Å². The van der Waals surface area contributed by atoms with Gasteiger partial charge in [0.15, 0.2) is 0 Å². The molecule has 0 radical (unpaired) electrons. The summed E-state index contributed by atoms with van der Waals surface area (Å²) in [5.41, 5.74) is 1.09. The lowest BCUT2D eigenvalue weighted by atomic mass is 10.1. The lowest BCUT2D eigenvalue weighted by Gasteiger charge is -2.02. The summed E-state index contributed by atoms with van der Waals surface area (Å²) in [6, 6.07) is 0. The molecule has 0 aromatic carbocycles. The number of aryl methyl sites for hydroxylation is 1. The Balaban J connectivity index is 1.86. The highest BCUT2D eigenvalue weighted by molar-refractivity contribution is 14.1. The number of rotatable bonds is 12. The van der Waals surface area contributed by atoms with Crippen molar-refractivity contribution >= 4 is 22.6 Å². The molecule has 0 fully saturated rings. The number of hydrogen-bond donors (Lipinski definition) is 1. The number of alkyl halides is 1. The molecule has 0 bridgehead atoms. The average Bonchev–Trinajstić information content (AvgIpc) is 2.89. The Hall–Kier alpha value is -0.170. The van der Waals surface area contributed by atoms with Crippen molar-refractivity contribution in [3.05, 3.63) is 11.9 Å². The molecule has 1 aromatic rings. The Labute approximate surface area is 130 Å². The summed E-state index contributed by atoms with van der Waals surface area (Å²) in [6.07, 6.45) is 12.8. The zero-order valence-electron chi connectivity index (χ0n) is 12.1. The van der Waals surface area contributed by atoms with Crippen LogP contribution in [0.15, 0.2) is 6.20 Å². The fraction of sp³-hybridized carbons (Fsp3) is 0.857. The van der Waals surface area contributed by atoms with E-state index in [9.17, 15) is 0 Å². The van der Waals surface area contributed by atoms with Crippen LogP contribution in [0.5, 0.6) is 0 Å². The van der Waals surface area contributed by atoms with Crippen LogP contribution in [0.1, 0.15) is 57.1 Å². The maximum atomic E-state index is 4.12. The maximum absolute atomic E-state index is 4.12. The minimum Gasteiger partial charge on any atom is -0.320 e. The molecule has 0 aliphatic carbocycles. The predicted molar refractivity (Wildman–Crippen MR) is 88.6 cm³/mol. The van der Waals surface area contributed by atoms with E-state index in [-0.39, 0.29) is 0 Å². The minimum atomic E-state index is 0.950. The molecule has 0 atom stereocenters. The third kappa shape index (κ3) is 8.57. The number of hydrogen-bond acceptors (Lipinski definition) is 3. The van der Waals surface area contributed by atoms with Gasteiger partial charge >= 0.3 is 0 Å². The van der Waals surface area contributed by atoms with E-state index in [2.05, 4.69) is 44.4 Å². The van der Waals surface area contributed by atoms with Crippen molar-refractivity contribution in [1.82, 2.24) is 20.3 Å². The second-order valence-electron chi connectivity index (χ2n) is 5.04. The molecule has 0 saturated carbocycles. The van der Waals surface area contributed by atoms with Crippen LogP contribution in [0.25, 0.3) is 0 Å². The van der Waals surface area contributed by atoms with Crippen LogP contribution < -0.4 is 5.32 Å². The molecule has 0 amide bonds. The van der Waals surface area contributed by atoms with Gasteiger partial charge in [0.05, 0.1) is 5.69 Å². The van der Waals surface area contributed by atoms with Gasteiger partial charge in [0.1, 0.15) is 0 Å². The first kappa shape index (κ1) is 16.9. The Morgan fingerprint density at radius 3 is 2.26 bits per heavy atom. The molecule has 0 saturated heterocycles.